The van der Waals surface area contributed by atoms with Gasteiger partial charge in [-0.1, -0.05) is 19.0 Å². The third-order valence-corrected chi connectivity index (χ3v) is 4.53. The molecule has 3 rings (SSSR count). The van der Waals surface area contributed by atoms with Crippen LogP contribution < -0.4 is 0 Å². The summed E-state index contributed by atoms with van der Waals surface area (Å²) < 4.78 is 5.27. The molecule has 2 atom stereocenters. The molecule has 6 nitrogen and oxygen atoms in total. The Bertz CT molecular complexity index is 620. The fourth-order valence-electron chi connectivity index (χ4n) is 2.90. The number of likely N-dealkylation sites (tertiary alicyclic amines) is 1. The summed E-state index contributed by atoms with van der Waals surface area (Å²) in [7, 11) is 0. The zero-order chi connectivity index (χ0) is 15.5. The lowest BCUT2D eigenvalue weighted by atomic mass is 9.95. The molecule has 0 aromatic carbocycles. The summed E-state index contributed by atoms with van der Waals surface area (Å²) >= 11 is 0. The highest BCUT2D eigenvalue weighted by Crippen LogP contribution is 2.27. The second-order valence-corrected chi connectivity index (χ2v) is 6.03. The van der Waals surface area contributed by atoms with Crippen LogP contribution in [0.25, 0.3) is 0 Å². The standard InChI is InChI=1S/C16H22N4O2/c1-3-11(2)14-9-15(22-19-14)16(21)20-8-4-5-12(10-20)13-6-7-17-18-13/h6-7,9,11-12H,3-5,8,10H2,1-2H3,(H,17,18)/t11-,12+/m1/s1. The summed E-state index contributed by atoms with van der Waals surface area (Å²) in [6.45, 7) is 5.64. The summed E-state index contributed by atoms with van der Waals surface area (Å²) in [5.74, 6) is 0.911. The minimum atomic E-state index is -0.0636. The molecule has 0 spiro atoms. The molecule has 118 valence electrons. The maximum absolute atomic E-state index is 12.6. The smallest absolute Gasteiger partial charge is 0.292 e. The predicted molar refractivity (Wildman–Crippen MR) is 81.7 cm³/mol. The van der Waals surface area contributed by atoms with Gasteiger partial charge in [-0.25, -0.2) is 0 Å². The summed E-state index contributed by atoms with van der Waals surface area (Å²) in [6, 6.07) is 3.77. The van der Waals surface area contributed by atoms with Crippen molar-refractivity contribution < 1.29 is 9.32 Å². The van der Waals surface area contributed by atoms with E-state index in [0.29, 0.717) is 24.1 Å². The van der Waals surface area contributed by atoms with Crippen LogP contribution in [0.15, 0.2) is 22.9 Å². The van der Waals surface area contributed by atoms with Crippen molar-refractivity contribution in [2.24, 2.45) is 0 Å². The first-order valence-electron chi connectivity index (χ1n) is 7.94. The van der Waals surface area contributed by atoms with Crippen molar-refractivity contribution in [3.63, 3.8) is 0 Å². The summed E-state index contributed by atoms with van der Waals surface area (Å²) in [5.41, 5.74) is 1.95. The van der Waals surface area contributed by atoms with E-state index in [9.17, 15) is 4.79 Å². The Labute approximate surface area is 129 Å². The van der Waals surface area contributed by atoms with Gasteiger partial charge in [0, 0.05) is 42.9 Å². The average Bonchev–Trinajstić information content (AvgIpc) is 3.25. The van der Waals surface area contributed by atoms with Crippen molar-refractivity contribution in [3.05, 3.63) is 35.5 Å². The number of piperidine rings is 1. The van der Waals surface area contributed by atoms with Crippen molar-refractivity contribution in [1.82, 2.24) is 20.3 Å². The van der Waals surface area contributed by atoms with Gasteiger partial charge in [0.1, 0.15) is 0 Å². The second kappa shape index (κ2) is 6.34. The van der Waals surface area contributed by atoms with Crippen LogP contribution in [0.3, 0.4) is 0 Å². The molecule has 0 unspecified atom stereocenters. The van der Waals surface area contributed by atoms with Gasteiger partial charge in [0.05, 0.1) is 5.69 Å². The minimum absolute atomic E-state index is 0.0636. The van der Waals surface area contributed by atoms with Crippen molar-refractivity contribution >= 4 is 5.91 Å². The number of H-pyrrole nitrogens is 1. The monoisotopic (exact) mass is 302 g/mol. The Morgan fingerprint density at radius 1 is 1.59 bits per heavy atom. The van der Waals surface area contributed by atoms with Crippen LogP contribution in [0, 0.1) is 0 Å². The molecular weight excluding hydrogens is 280 g/mol. The van der Waals surface area contributed by atoms with Crippen molar-refractivity contribution in [2.75, 3.05) is 13.1 Å². The molecule has 1 N–H and O–H groups in total. The molecule has 2 aromatic heterocycles. The van der Waals surface area contributed by atoms with Crippen LogP contribution in [-0.2, 0) is 0 Å². The number of hydrogen-bond donors (Lipinski definition) is 1. The number of aromatic nitrogens is 3. The lowest BCUT2D eigenvalue weighted by molar-refractivity contribution is 0.0663. The van der Waals surface area contributed by atoms with Crippen LogP contribution >= 0.6 is 0 Å². The number of nitrogens with one attached hydrogen (secondary N) is 1. The molecule has 1 fully saturated rings. The van der Waals surface area contributed by atoms with Crippen LogP contribution in [0.1, 0.15) is 66.9 Å². The van der Waals surface area contributed by atoms with Gasteiger partial charge in [0.2, 0.25) is 5.76 Å². The average molecular weight is 302 g/mol. The topological polar surface area (TPSA) is 75.0 Å². The molecule has 22 heavy (non-hydrogen) atoms. The van der Waals surface area contributed by atoms with Gasteiger partial charge in [-0.15, -0.1) is 0 Å². The molecule has 3 heterocycles. The number of carbonyl (C=O) groups is 1. The van der Waals surface area contributed by atoms with E-state index in [1.54, 1.807) is 12.3 Å². The molecule has 1 aliphatic rings. The third-order valence-electron chi connectivity index (χ3n) is 4.53. The number of amides is 1. The van der Waals surface area contributed by atoms with E-state index in [-0.39, 0.29) is 5.91 Å². The van der Waals surface area contributed by atoms with Gasteiger partial charge in [-0.3, -0.25) is 9.89 Å². The molecule has 0 bridgehead atoms. The zero-order valence-electron chi connectivity index (χ0n) is 13.1. The molecule has 2 aromatic rings. The maximum Gasteiger partial charge on any atom is 0.292 e. The zero-order valence-corrected chi connectivity index (χ0v) is 13.1. The van der Waals surface area contributed by atoms with E-state index in [1.807, 2.05) is 11.0 Å². The Morgan fingerprint density at radius 2 is 2.45 bits per heavy atom. The Morgan fingerprint density at radius 3 is 3.18 bits per heavy atom. The van der Waals surface area contributed by atoms with E-state index in [1.165, 1.54) is 0 Å². The normalized spacial score (nSPS) is 20.1. The van der Waals surface area contributed by atoms with Crippen LogP contribution in [0.2, 0.25) is 0 Å². The third kappa shape index (κ3) is 2.91. The maximum atomic E-state index is 12.6. The SMILES string of the molecule is CC[C@@H](C)c1cc(C(=O)N2CCC[C@H](c3ccn[nH]3)C2)on1. The van der Waals surface area contributed by atoms with Gasteiger partial charge >= 0.3 is 0 Å². The van der Waals surface area contributed by atoms with E-state index in [0.717, 1.165) is 37.2 Å². The highest BCUT2D eigenvalue weighted by atomic mass is 16.5. The summed E-state index contributed by atoms with van der Waals surface area (Å²) in [6.07, 6.45) is 4.79. The van der Waals surface area contributed by atoms with Gasteiger partial charge in [-0.2, -0.15) is 5.10 Å². The van der Waals surface area contributed by atoms with Gasteiger partial charge < -0.3 is 9.42 Å². The number of nitrogens with zero attached hydrogens (tertiary/aromatic N) is 3. The van der Waals surface area contributed by atoms with E-state index in [2.05, 4.69) is 29.2 Å². The first-order chi connectivity index (χ1) is 10.7. The van der Waals surface area contributed by atoms with Crippen molar-refractivity contribution in [1.29, 1.82) is 0 Å². The molecule has 6 heteroatoms. The fraction of sp³-hybridized carbons (Fsp3) is 0.562. The van der Waals surface area contributed by atoms with Crippen molar-refractivity contribution in [2.45, 2.75) is 44.9 Å². The fourth-order valence-corrected chi connectivity index (χ4v) is 2.90. The molecule has 1 saturated heterocycles. The highest BCUT2D eigenvalue weighted by molar-refractivity contribution is 5.91. The number of aromatic amines is 1. The number of rotatable bonds is 4. The molecule has 0 saturated carbocycles. The lowest BCUT2D eigenvalue weighted by Crippen LogP contribution is -2.39. The Hall–Kier alpha value is -2.11. The minimum Gasteiger partial charge on any atom is -0.351 e. The Kier molecular flexibility index (Phi) is 4.27. The quantitative estimate of drug-likeness (QED) is 0.942. The van der Waals surface area contributed by atoms with E-state index >= 15 is 0 Å². The molecule has 1 amide bonds. The first-order valence-corrected chi connectivity index (χ1v) is 7.94. The van der Waals surface area contributed by atoms with Gasteiger partial charge in [0.25, 0.3) is 5.91 Å². The summed E-state index contributed by atoms with van der Waals surface area (Å²) in [4.78, 5) is 14.5. The number of hydrogen-bond acceptors (Lipinski definition) is 4. The Balaban J connectivity index is 1.70. The summed E-state index contributed by atoms with van der Waals surface area (Å²) in [5, 5.41) is 11.0. The molecule has 1 aliphatic heterocycles. The highest BCUT2D eigenvalue weighted by Gasteiger charge is 2.28. The molecule has 0 radical (unpaired) electrons. The molecule has 0 aliphatic carbocycles. The predicted octanol–water partition coefficient (Wildman–Crippen LogP) is 2.93. The lowest BCUT2D eigenvalue weighted by Gasteiger charge is -2.31. The molecular formula is C16H22N4O2. The second-order valence-electron chi connectivity index (χ2n) is 6.03. The van der Waals surface area contributed by atoms with E-state index < -0.39 is 0 Å². The largest absolute Gasteiger partial charge is 0.351 e. The van der Waals surface area contributed by atoms with Crippen molar-refractivity contribution in [3.8, 4) is 0 Å². The van der Waals surface area contributed by atoms with Crippen LogP contribution in [0.5, 0.6) is 0 Å². The first kappa shape index (κ1) is 14.8. The van der Waals surface area contributed by atoms with Crippen LogP contribution in [-0.4, -0.2) is 39.3 Å². The van der Waals surface area contributed by atoms with Gasteiger partial charge in [0.15, 0.2) is 0 Å². The van der Waals surface area contributed by atoms with Gasteiger partial charge in [-0.05, 0) is 25.3 Å². The van der Waals surface area contributed by atoms with Crippen LogP contribution in [0.4, 0.5) is 0 Å². The number of carbonyl (C=O) groups excluding carboxylic acids is 1. The van der Waals surface area contributed by atoms with E-state index in [4.69, 9.17) is 4.52 Å².